The third-order valence-corrected chi connectivity index (χ3v) is 9.35. The molecule has 0 bridgehead atoms. The molecule has 1 unspecified atom stereocenters. The van der Waals surface area contributed by atoms with Crippen LogP contribution < -0.4 is 11.1 Å². The minimum absolute atomic E-state index is 0.0227. The van der Waals surface area contributed by atoms with E-state index in [1.807, 2.05) is 42.3 Å². The fraction of sp³-hybridized carbons (Fsp3) is 0.333. The summed E-state index contributed by atoms with van der Waals surface area (Å²) in [6, 6.07) is 32.7. The summed E-state index contributed by atoms with van der Waals surface area (Å²) in [5.41, 5.74) is 10.1. The SMILES string of the molecule is CN1C(CNC(=O)c2ccc3cc(CBr)ccc3c2)CCN(CC(c2ccccc2)c2ccccc2)C(=O)[C@@H]1CCCN. The van der Waals surface area contributed by atoms with Crippen LogP contribution >= 0.6 is 15.9 Å². The zero-order chi connectivity index (χ0) is 30.2. The van der Waals surface area contributed by atoms with Crippen molar-refractivity contribution in [1.82, 2.24) is 15.1 Å². The van der Waals surface area contributed by atoms with Gasteiger partial charge in [0.05, 0.1) is 6.04 Å². The van der Waals surface area contributed by atoms with E-state index >= 15 is 0 Å². The first kappa shape index (κ1) is 30.9. The van der Waals surface area contributed by atoms with Crippen molar-refractivity contribution in [3.05, 3.63) is 119 Å². The Morgan fingerprint density at radius 1 is 0.953 bits per heavy atom. The average molecular weight is 642 g/mol. The second kappa shape index (κ2) is 14.8. The summed E-state index contributed by atoms with van der Waals surface area (Å²) in [7, 11) is 2.02. The summed E-state index contributed by atoms with van der Waals surface area (Å²) in [6.07, 6.45) is 2.22. The van der Waals surface area contributed by atoms with Crippen LogP contribution in [0.3, 0.4) is 0 Å². The predicted octanol–water partition coefficient (Wildman–Crippen LogP) is 5.94. The highest BCUT2D eigenvalue weighted by atomic mass is 79.9. The van der Waals surface area contributed by atoms with Gasteiger partial charge in [-0.25, -0.2) is 0 Å². The lowest BCUT2D eigenvalue weighted by Gasteiger charge is -2.33. The van der Waals surface area contributed by atoms with Gasteiger partial charge in [-0.2, -0.15) is 0 Å². The number of halogens is 1. The maximum absolute atomic E-state index is 14.1. The summed E-state index contributed by atoms with van der Waals surface area (Å²) in [6.45, 7) is 2.24. The molecule has 1 heterocycles. The number of hydrogen-bond acceptors (Lipinski definition) is 4. The summed E-state index contributed by atoms with van der Waals surface area (Å²) in [5.74, 6) is 0.111. The van der Waals surface area contributed by atoms with E-state index < -0.39 is 0 Å². The normalized spacial score (nSPS) is 17.8. The first-order valence-electron chi connectivity index (χ1n) is 15.2. The van der Waals surface area contributed by atoms with Crippen LogP contribution in [0.15, 0.2) is 97.1 Å². The summed E-state index contributed by atoms with van der Waals surface area (Å²) in [5, 5.41) is 6.12. The molecule has 1 aliphatic rings. The Morgan fingerprint density at radius 3 is 2.26 bits per heavy atom. The molecule has 6 nitrogen and oxygen atoms in total. The average Bonchev–Trinajstić information content (AvgIpc) is 3.16. The number of likely N-dealkylation sites (N-methyl/N-ethyl adjacent to an activating group) is 1. The van der Waals surface area contributed by atoms with E-state index in [1.54, 1.807) is 0 Å². The fourth-order valence-corrected chi connectivity index (χ4v) is 6.50. The monoisotopic (exact) mass is 640 g/mol. The molecule has 0 aromatic heterocycles. The van der Waals surface area contributed by atoms with Crippen LogP contribution in [0.25, 0.3) is 10.8 Å². The molecule has 4 aromatic carbocycles. The van der Waals surface area contributed by atoms with Crippen molar-refractivity contribution < 1.29 is 9.59 Å². The first-order chi connectivity index (χ1) is 21.0. The number of nitrogens with one attached hydrogen (secondary N) is 1. The standard InChI is InChI=1S/C36H41BrN4O2/c1-40-32(24-39-35(42)31-17-16-29-21-26(23-37)14-15-30(29)22-31)18-20-41(36(43)34(40)13-8-19-38)25-33(27-9-4-2-5-10-27)28-11-6-3-7-12-28/h2-7,9-12,14-17,21-22,32-34H,8,13,18-20,23-25,38H2,1H3,(H,39,42)/t32?,34-/m0/s1. The van der Waals surface area contributed by atoms with E-state index in [-0.39, 0.29) is 29.8 Å². The smallest absolute Gasteiger partial charge is 0.251 e. The summed E-state index contributed by atoms with van der Waals surface area (Å²) < 4.78 is 0. The molecule has 2 atom stereocenters. The van der Waals surface area contributed by atoms with Crippen molar-refractivity contribution in [1.29, 1.82) is 0 Å². The maximum atomic E-state index is 14.1. The topological polar surface area (TPSA) is 78.7 Å². The van der Waals surface area contributed by atoms with Crippen molar-refractivity contribution in [2.24, 2.45) is 5.73 Å². The fourth-order valence-electron chi connectivity index (χ4n) is 6.15. The zero-order valence-electron chi connectivity index (χ0n) is 24.8. The molecule has 0 aliphatic carbocycles. The Kier molecular flexibility index (Phi) is 10.6. The second-order valence-corrected chi connectivity index (χ2v) is 12.0. The Balaban J connectivity index is 1.32. The van der Waals surface area contributed by atoms with Crippen molar-refractivity contribution in [2.45, 2.75) is 42.6 Å². The third-order valence-electron chi connectivity index (χ3n) is 8.70. The zero-order valence-corrected chi connectivity index (χ0v) is 26.4. The number of benzene rings is 4. The number of alkyl halides is 1. The predicted molar refractivity (Wildman–Crippen MR) is 178 cm³/mol. The molecular formula is C36H41BrN4O2. The highest BCUT2D eigenvalue weighted by molar-refractivity contribution is 9.08. The molecule has 2 amide bonds. The molecule has 7 heteroatoms. The van der Waals surface area contributed by atoms with Crippen LogP contribution in [0, 0.1) is 0 Å². The molecule has 0 saturated carbocycles. The van der Waals surface area contributed by atoms with Gasteiger partial charge in [-0.15, -0.1) is 0 Å². The molecule has 224 valence electrons. The van der Waals surface area contributed by atoms with Gasteiger partial charge in [-0.05, 0) is 72.5 Å². The first-order valence-corrected chi connectivity index (χ1v) is 16.3. The molecule has 43 heavy (non-hydrogen) atoms. The summed E-state index contributed by atoms with van der Waals surface area (Å²) >= 11 is 3.51. The van der Waals surface area contributed by atoms with Crippen LogP contribution in [0.2, 0.25) is 0 Å². The van der Waals surface area contributed by atoms with Crippen LogP contribution in [0.1, 0.15) is 52.2 Å². The van der Waals surface area contributed by atoms with Crippen molar-refractivity contribution in [3.8, 4) is 0 Å². The highest BCUT2D eigenvalue weighted by Gasteiger charge is 2.36. The van der Waals surface area contributed by atoms with Gasteiger partial charge < -0.3 is 16.0 Å². The Hall–Kier alpha value is -3.52. The molecule has 1 saturated heterocycles. The number of carbonyl (C=O) groups is 2. The molecule has 1 aliphatic heterocycles. The van der Waals surface area contributed by atoms with Gasteiger partial charge >= 0.3 is 0 Å². The van der Waals surface area contributed by atoms with E-state index in [4.69, 9.17) is 5.73 Å². The molecule has 3 N–H and O–H groups in total. The Bertz CT molecular complexity index is 1470. The number of amides is 2. The van der Waals surface area contributed by atoms with Gasteiger partial charge in [0.2, 0.25) is 5.91 Å². The third kappa shape index (κ3) is 7.53. The second-order valence-electron chi connectivity index (χ2n) is 11.5. The van der Waals surface area contributed by atoms with Crippen molar-refractivity contribution in [2.75, 3.05) is 33.2 Å². The Labute approximate surface area is 263 Å². The lowest BCUT2D eigenvalue weighted by Crippen LogP contribution is -2.50. The number of nitrogens with zero attached hydrogens (tertiary/aromatic N) is 2. The minimum Gasteiger partial charge on any atom is -0.350 e. The van der Waals surface area contributed by atoms with Gasteiger partial charge in [0, 0.05) is 42.5 Å². The molecule has 0 radical (unpaired) electrons. The summed E-state index contributed by atoms with van der Waals surface area (Å²) in [4.78, 5) is 31.5. The molecule has 1 fully saturated rings. The number of fused-ring (bicyclic) bond motifs is 1. The number of hydrogen-bond donors (Lipinski definition) is 2. The van der Waals surface area contributed by atoms with E-state index in [0.29, 0.717) is 38.2 Å². The number of rotatable bonds is 11. The minimum atomic E-state index is -0.288. The highest BCUT2D eigenvalue weighted by Crippen LogP contribution is 2.28. The molecule has 4 aromatic rings. The van der Waals surface area contributed by atoms with Gasteiger partial charge in [-0.1, -0.05) is 101 Å². The van der Waals surface area contributed by atoms with Crippen molar-refractivity contribution >= 4 is 38.5 Å². The van der Waals surface area contributed by atoms with Gasteiger partial charge in [0.25, 0.3) is 5.91 Å². The maximum Gasteiger partial charge on any atom is 0.251 e. The quantitative estimate of drug-likeness (QED) is 0.199. The number of nitrogens with two attached hydrogens (primary N) is 1. The van der Waals surface area contributed by atoms with E-state index in [1.165, 1.54) is 16.7 Å². The van der Waals surface area contributed by atoms with Crippen LogP contribution in [0.5, 0.6) is 0 Å². The van der Waals surface area contributed by atoms with Crippen LogP contribution in [-0.4, -0.2) is 66.9 Å². The van der Waals surface area contributed by atoms with Crippen LogP contribution in [-0.2, 0) is 10.1 Å². The van der Waals surface area contributed by atoms with E-state index in [2.05, 4.69) is 92.9 Å². The van der Waals surface area contributed by atoms with Gasteiger partial charge in [-0.3, -0.25) is 14.5 Å². The van der Waals surface area contributed by atoms with Gasteiger partial charge in [0.1, 0.15) is 0 Å². The number of carbonyl (C=O) groups excluding carboxylic acids is 2. The molecule has 5 rings (SSSR count). The lowest BCUT2D eigenvalue weighted by molar-refractivity contribution is -0.135. The molecule has 0 spiro atoms. The molecular weight excluding hydrogens is 600 g/mol. The van der Waals surface area contributed by atoms with Gasteiger partial charge in [0.15, 0.2) is 0 Å². The van der Waals surface area contributed by atoms with E-state index in [9.17, 15) is 9.59 Å². The van der Waals surface area contributed by atoms with E-state index in [0.717, 1.165) is 28.9 Å². The Morgan fingerprint density at radius 2 is 1.60 bits per heavy atom. The van der Waals surface area contributed by atoms with Crippen LogP contribution in [0.4, 0.5) is 0 Å². The lowest BCUT2D eigenvalue weighted by atomic mass is 9.90. The van der Waals surface area contributed by atoms with Crippen molar-refractivity contribution in [3.63, 3.8) is 0 Å². The largest absolute Gasteiger partial charge is 0.350 e.